The van der Waals surface area contributed by atoms with Crippen LogP contribution in [-0.2, 0) is 4.74 Å². The summed E-state index contributed by atoms with van der Waals surface area (Å²) in [5.74, 6) is -0.0563. The van der Waals surface area contributed by atoms with E-state index >= 15 is 0 Å². The second-order valence-electron chi connectivity index (χ2n) is 4.29. The van der Waals surface area contributed by atoms with Crippen LogP contribution < -0.4 is 10.8 Å². The lowest BCUT2D eigenvalue weighted by Crippen LogP contribution is -2.25. The van der Waals surface area contributed by atoms with Crippen molar-refractivity contribution in [3.63, 3.8) is 0 Å². The van der Waals surface area contributed by atoms with Gasteiger partial charge in [0.2, 0.25) is 0 Å². The Labute approximate surface area is 110 Å². The minimum Gasteiger partial charge on any atom is -0.385 e. The van der Waals surface area contributed by atoms with Crippen LogP contribution in [0.25, 0.3) is 0 Å². The fourth-order valence-electron chi connectivity index (χ4n) is 1.71. The van der Waals surface area contributed by atoms with Crippen LogP contribution in [-0.4, -0.2) is 34.0 Å². The van der Waals surface area contributed by atoms with E-state index in [0.717, 1.165) is 32.3 Å². The van der Waals surface area contributed by atoms with Gasteiger partial charge in [-0.1, -0.05) is 36.5 Å². The molecule has 1 rings (SSSR count). The van der Waals surface area contributed by atoms with E-state index in [0.29, 0.717) is 17.6 Å². The highest BCUT2D eigenvalue weighted by Crippen LogP contribution is 2.00. The molecule has 1 N–H and O–H groups in total. The normalized spacial score (nSPS) is 10.3. The summed E-state index contributed by atoms with van der Waals surface area (Å²) >= 11 is 0. The van der Waals surface area contributed by atoms with Crippen LogP contribution in [0, 0.1) is 0 Å². The highest BCUT2D eigenvalue weighted by atomic mass is 16.5. The van der Waals surface area contributed by atoms with Crippen molar-refractivity contribution in [1.29, 1.82) is 0 Å². The molecule has 4 heteroatoms. The number of amides is 1. The van der Waals surface area contributed by atoms with Crippen molar-refractivity contribution in [2.24, 2.45) is 0 Å². The summed E-state index contributed by atoms with van der Waals surface area (Å²) < 4.78 is 4.97. The topological polar surface area (TPSA) is 38.3 Å². The molecule has 0 atom stereocenters. The lowest BCUT2D eigenvalue weighted by Gasteiger charge is -2.06. The number of ether oxygens (including phenoxy) is 1. The fraction of sp³-hybridized carbons (Fsp3) is 0.500. The van der Waals surface area contributed by atoms with Gasteiger partial charge in [-0.3, -0.25) is 4.79 Å². The Balaban J connectivity index is 2.14. The number of carbonyl (C=O) groups excluding carboxylic acids is 1. The van der Waals surface area contributed by atoms with E-state index in [9.17, 15) is 4.79 Å². The van der Waals surface area contributed by atoms with Crippen LogP contribution in [0.3, 0.4) is 0 Å². The molecule has 18 heavy (non-hydrogen) atoms. The summed E-state index contributed by atoms with van der Waals surface area (Å²) in [5.41, 5.74) is 1.23. The number of methoxy groups -OCH3 is 1. The van der Waals surface area contributed by atoms with Crippen molar-refractivity contribution in [1.82, 2.24) is 5.32 Å². The molecule has 3 nitrogen and oxygen atoms in total. The molecule has 0 aromatic heterocycles. The number of benzene rings is 1. The van der Waals surface area contributed by atoms with Crippen LogP contribution in [0.15, 0.2) is 24.3 Å². The van der Waals surface area contributed by atoms with E-state index in [1.54, 1.807) is 31.4 Å². The first-order chi connectivity index (χ1) is 8.74. The molecular formula is C14H20BNO2. The quantitative estimate of drug-likeness (QED) is 0.555. The minimum atomic E-state index is -0.0563. The fourth-order valence-corrected chi connectivity index (χ4v) is 1.71. The predicted molar refractivity (Wildman–Crippen MR) is 74.5 cm³/mol. The third kappa shape index (κ3) is 5.87. The first-order valence-electron chi connectivity index (χ1n) is 6.36. The highest BCUT2D eigenvalue weighted by Gasteiger charge is 2.03. The van der Waals surface area contributed by atoms with Crippen LogP contribution in [0.1, 0.15) is 36.0 Å². The third-order valence-corrected chi connectivity index (χ3v) is 2.71. The monoisotopic (exact) mass is 245 g/mol. The lowest BCUT2D eigenvalue weighted by molar-refractivity contribution is 0.0953. The van der Waals surface area contributed by atoms with Crippen LogP contribution in [0.5, 0.6) is 0 Å². The average molecular weight is 245 g/mol. The smallest absolute Gasteiger partial charge is 0.251 e. The van der Waals surface area contributed by atoms with Gasteiger partial charge in [-0.2, -0.15) is 0 Å². The van der Waals surface area contributed by atoms with Gasteiger partial charge in [-0.15, -0.1) is 0 Å². The number of hydrogen-bond acceptors (Lipinski definition) is 2. The first-order valence-corrected chi connectivity index (χ1v) is 6.36. The number of nitrogens with one attached hydrogen (secondary N) is 1. The van der Waals surface area contributed by atoms with Crippen LogP contribution in [0.2, 0.25) is 0 Å². The Kier molecular flexibility index (Phi) is 7.19. The van der Waals surface area contributed by atoms with Gasteiger partial charge >= 0.3 is 0 Å². The molecule has 0 heterocycles. The van der Waals surface area contributed by atoms with Gasteiger partial charge in [0.05, 0.1) is 0 Å². The lowest BCUT2D eigenvalue weighted by atomic mass is 9.94. The molecular weight excluding hydrogens is 225 g/mol. The van der Waals surface area contributed by atoms with E-state index < -0.39 is 0 Å². The van der Waals surface area contributed by atoms with Gasteiger partial charge in [0.1, 0.15) is 7.85 Å². The summed E-state index contributed by atoms with van der Waals surface area (Å²) in [6.45, 7) is 1.52. The van der Waals surface area contributed by atoms with Crippen molar-refractivity contribution in [3.05, 3.63) is 29.8 Å². The van der Waals surface area contributed by atoms with Crippen molar-refractivity contribution < 1.29 is 9.53 Å². The molecule has 0 spiro atoms. The molecule has 0 saturated carbocycles. The Morgan fingerprint density at radius 3 is 2.78 bits per heavy atom. The van der Waals surface area contributed by atoms with Crippen molar-refractivity contribution in [2.45, 2.75) is 25.7 Å². The summed E-state index contributed by atoms with van der Waals surface area (Å²) in [7, 11) is 7.34. The first kappa shape index (κ1) is 14.8. The number of rotatable bonds is 8. The van der Waals surface area contributed by atoms with E-state index in [1.807, 2.05) is 0 Å². The minimum absolute atomic E-state index is 0.0563. The second-order valence-corrected chi connectivity index (χ2v) is 4.29. The average Bonchev–Trinajstić information content (AvgIpc) is 2.37. The second kappa shape index (κ2) is 8.75. The zero-order chi connectivity index (χ0) is 13.2. The Bertz CT molecular complexity index is 369. The summed E-state index contributed by atoms with van der Waals surface area (Å²) in [6.07, 6.45) is 4.33. The predicted octanol–water partition coefficient (Wildman–Crippen LogP) is 1.42. The molecule has 0 bridgehead atoms. The molecule has 0 aliphatic heterocycles. The molecule has 2 radical (unpaired) electrons. The molecule has 0 saturated heterocycles. The summed E-state index contributed by atoms with van der Waals surface area (Å²) in [5, 5.41) is 2.89. The van der Waals surface area contributed by atoms with Gasteiger partial charge in [0.25, 0.3) is 5.91 Å². The Morgan fingerprint density at radius 1 is 1.28 bits per heavy atom. The van der Waals surface area contributed by atoms with E-state index in [1.165, 1.54) is 0 Å². The maximum Gasteiger partial charge on any atom is 0.251 e. The van der Waals surface area contributed by atoms with Crippen molar-refractivity contribution >= 4 is 19.2 Å². The SMILES string of the molecule is [B]c1cccc(C(=O)NCCCCCCOC)c1. The Hall–Kier alpha value is -1.29. The number of carbonyl (C=O) groups is 1. The van der Waals surface area contributed by atoms with Crippen molar-refractivity contribution in [2.75, 3.05) is 20.3 Å². The molecule has 0 unspecified atom stereocenters. The molecule has 96 valence electrons. The Morgan fingerprint density at radius 2 is 2.06 bits per heavy atom. The van der Waals surface area contributed by atoms with Gasteiger partial charge in [0, 0.05) is 25.8 Å². The van der Waals surface area contributed by atoms with E-state index in [2.05, 4.69) is 5.32 Å². The zero-order valence-corrected chi connectivity index (χ0v) is 10.9. The maximum atomic E-state index is 11.7. The molecule has 1 amide bonds. The van der Waals surface area contributed by atoms with Crippen LogP contribution >= 0.6 is 0 Å². The van der Waals surface area contributed by atoms with E-state index in [-0.39, 0.29) is 5.91 Å². The molecule has 1 aromatic rings. The third-order valence-electron chi connectivity index (χ3n) is 2.71. The molecule has 0 aliphatic carbocycles. The molecule has 1 aromatic carbocycles. The summed E-state index contributed by atoms with van der Waals surface area (Å²) in [6, 6.07) is 7.01. The standard InChI is InChI=1S/C14H20BNO2/c1-18-10-5-3-2-4-9-16-14(17)12-7-6-8-13(15)11-12/h6-8,11H,2-5,9-10H2,1H3,(H,16,17). The summed E-state index contributed by atoms with van der Waals surface area (Å²) in [4.78, 5) is 11.7. The number of unbranched alkanes of at least 4 members (excludes halogenated alkanes) is 3. The maximum absolute atomic E-state index is 11.7. The highest BCUT2D eigenvalue weighted by molar-refractivity contribution is 6.32. The van der Waals surface area contributed by atoms with Crippen LogP contribution in [0.4, 0.5) is 0 Å². The van der Waals surface area contributed by atoms with Gasteiger partial charge < -0.3 is 10.1 Å². The van der Waals surface area contributed by atoms with E-state index in [4.69, 9.17) is 12.6 Å². The van der Waals surface area contributed by atoms with Gasteiger partial charge in [-0.25, -0.2) is 0 Å². The largest absolute Gasteiger partial charge is 0.385 e. The molecule has 0 fully saturated rings. The molecule has 0 aliphatic rings. The zero-order valence-electron chi connectivity index (χ0n) is 10.9. The number of hydrogen-bond donors (Lipinski definition) is 1. The van der Waals surface area contributed by atoms with Gasteiger partial charge in [0.15, 0.2) is 0 Å². The van der Waals surface area contributed by atoms with Gasteiger partial charge in [-0.05, 0) is 18.9 Å². The van der Waals surface area contributed by atoms with Crippen molar-refractivity contribution in [3.8, 4) is 0 Å².